The zero-order valence-electron chi connectivity index (χ0n) is 21.6. The number of alkyl halides is 1. The van der Waals surface area contributed by atoms with E-state index in [0.29, 0.717) is 60.0 Å². The van der Waals surface area contributed by atoms with Crippen molar-refractivity contribution in [1.29, 1.82) is 5.26 Å². The predicted octanol–water partition coefficient (Wildman–Crippen LogP) is 4.15. The van der Waals surface area contributed by atoms with Gasteiger partial charge in [0.1, 0.15) is 17.5 Å². The average Bonchev–Trinajstić information content (AvgIpc) is 3.37. The van der Waals surface area contributed by atoms with Crippen LogP contribution >= 0.6 is 0 Å². The largest absolute Gasteiger partial charge is 0.493 e. The van der Waals surface area contributed by atoms with Crippen molar-refractivity contribution in [2.75, 3.05) is 32.8 Å². The highest BCUT2D eigenvalue weighted by molar-refractivity contribution is 6.03. The van der Waals surface area contributed by atoms with Crippen molar-refractivity contribution in [1.82, 2.24) is 9.80 Å². The second-order valence-corrected chi connectivity index (χ2v) is 10.7. The summed E-state index contributed by atoms with van der Waals surface area (Å²) in [4.78, 5) is 28.9. The first kappa shape index (κ1) is 26.6. The van der Waals surface area contributed by atoms with Gasteiger partial charge in [-0.25, -0.2) is 4.39 Å². The van der Waals surface area contributed by atoms with E-state index in [1.165, 1.54) is 4.90 Å². The van der Waals surface area contributed by atoms with E-state index in [-0.39, 0.29) is 5.91 Å². The van der Waals surface area contributed by atoms with E-state index < -0.39 is 17.6 Å². The number of nitrogens with two attached hydrogens (primary N) is 1. The Morgan fingerprint density at radius 1 is 1.11 bits per heavy atom. The minimum absolute atomic E-state index is 0.261. The molecule has 1 atom stereocenters. The van der Waals surface area contributed by atoms with Gasteiger partial charge in [0.15, 0.2) is 0 Å². The van der Waals surface area contributed by atoms with Crippen LogP contribution in [0.4, 0.5) is 4.39 Å². The summed E-state index contributed by atoms with van der Waals surface area (Å²) in [7, 11) is 0. The smallest absolute Gasteiger partial charge is 0.255 e. The highest BCUT2D eigenvalue weighted by Crippen LogP contribution is 2.32. The summed E-state index contributed by atoms with van der Waals surface area (Å²) in [5, 5.41) is 9.90. The summed E-state index contributed by atoms with van der Waals surface area (Å²) in [5.41, 5.74) is 6.44. The van der Waals surface area contributed by atoms with Crippen molar-refractivity contribution in [3.8, 4) is 22.9 Å². The van der Waals surface area contributed by atoms with Crippen molar-refractivity contribution in [2.24, 2.45) is 11.7 Å². The fraction of sp³-hybridized carbons (Fsp3) is 0.483. The molecule has 2 amide bonds. The summed E-state index contributed by atoms with van der Waals surface area (Å²) in [6.07, 6.45) is 3.17. The summed E-state index contributed by atoms with van der Waals surface area (Å²) in [6, 6.07) is 14.1. The number of nitrogens with zero attached hydrogens (tertiary/aromatic N) is 3. The second-order valence-electron chi connectivity index (χ2n) is 10.7. The van der Waals surface area contributed by atoms with Crippen LogP contribution in [0.1, 0.15) is 55.5 Å². The second kappa shape index (κ2) is 11.3. The Hall–Kier alpha value is -3.44. The molecule has 0 radical (unpaired) electrons. The molecule has 196 valence electrons. The minimum Gasteiger partial charge on any atom is -0.493 e. The van der Waals surface area contributed by atoms with Gasteiger partial charge in [-0.05, 0) is 88.4 Å². The first-order valence-corrected chi connectivity index (χ1v) is 12.9. The molecule has 2 N–H and O–H groups in total. The molecule has 0 saturated carbocycles. The van der Waals surface area contributed by atoms with Gasteiger partial charge in [-0.3, -0.25) is 9.59 Å². The maximum Gasteiger partial charge on any atom is 0.255 e. The van der Waals surface area contributed by atoms with Gasteiger partial charge in [0.25, 0.3) is 5.91 Å². The van der Waals surface area contributed by atoms with E-state index in [4.69, 9.17) is 10.5 Å². The quantitative estimate of drug-likeness (QED) is 0.580. The lowest BCUT2D eigenvalue weighted by molar-refractivity contribution is -0.121. The maximum atomic E-state index is 13.9. The molecule has 37 heavy (non-hydrogen) atoms. The van der Waals surface area contributed by atoms with Crippen LogP contribution in [-0.2, 0) is 4.79 Å². The Bertz CT molecular complexity index is 1180. The number of hydrogen-bond acceptors (Lipinski definition) is 5. The number of amides is 2. The number of hydrogen-bond donors (Lipinski definition) is 1. The topological polar surface area (TPSA) is 99.7 Å². The monoisotopic (exact) mass is 506 g/mol. The van der Waals surface area contributed by atoms with E-state index >= 15 is 0 Å². The standard InChI is InChI=1S/C29H35FN4O3/c1-29(2,30)19-33-14-11-20(12-15-33)18-37-22-9-10-23(21(16-22)17-31)24-6-3-4-7-25(24)28(36)34-13-5-8-26(34)27(32)35/h3-4,6-7,9-10,16,20,26H,5,8,11-15,18-19H2,1-2H3,(H2,32,35)/t26-/m0/s1. The SMILES string of the molecule is CC(C)(F)CN1CCC(COc2ccc(-c3ccccc3C(=O)N3CCC[C@H]3C(N)=O)c(C#N)c2)CC1. The van der Waals surface area contributed by atoms with Crippen LogP contribution in [0.3, 0.4) is 0 Å². The maximum absolute atomic E-state index is 13.9. The number of ether oxygens (including phenoxy) is 1. The fourth-order valence-corrected chi connectivity index (χ4v) is 5.36. The third-order valence-corrected chi connectivity index (χ3v) is 7.19. The van der Waals surface area contributed by atoms with Crippen LogP contribution in [0.2, 0.25) is 0 Å². The lowest BCUT2D eigenvalue weighted by atomic mass is 9.94. The van der Waals surface area contributed by atoms with Gasteiger partial charge in [0.05, 0.1) is 18.2 Å². The molecule has 4 rings (SSSR count). The van der Waals surface area contributed by atoms with E-state index in [0.717, 1.165) is 32.4 Å². The van der Waals surface area contributed by atoms with Crippen LogP contribution in [0, 0.1) is 17.2 Å². The van der Waals surface area contributed by atoms with E-state index in [2.05, 4.69) is 11.0 Å². The number of rotatable bonds is 8. The normalized spacial score (nSPS) is 19.0. The third-order valence-electron chi connectivity index (χ3n) is 7.19. The average molecular weight is 507 g/mol. The van der Waals surface area contributed by atoms with Crippen molar-refractivity contribution in [2.45, 2.75) is 51.2 Å². The van der Waals surface area contributed by atoms with Crippen LogP contribution in [-0.4, -0.2) is 66.1 Å². The molecule has 2 saturated heterocycles. The van der Waals surface area contributed by atoms with Crippen LogP contribution in [0.5, 0.6) is 5.75 Å². The Kier molecular flexibility index (Phi) is 8.13. The van der Waals surface area contributed by atoms with Gasteiger partial charge >= 0.3 is 0 Å². The number of primary amides is 1. The van der Waals surface area contributed by atoms with Gasteiger partial charge in [-0.2, -0.15) is 5.26 Å². The fourth-order valence-electron chi connectivity index (χ4n) is 5.36. The lowest BCUT2D eigenvalue weighted by Crippen LogP contribution is -2.43. The molecule has 7 nitrogen and oxygen atoms in total. The molecule has 0 aromatic heterocycles. The molecule has 8 heteroatoms. The van der Waals surface area contributed by atoms with Crippen LogP contribution in [0.25, 0.3) is 11.1 Å². The predicted molar refractivity (Wildman–Crippen MR) is 140 cm³/mol. The van der Waals surface area contributed by atoms with E-state index in [9.17, 15) is 19.2 Å². The zero-order valence-corrected chi connectivity index (χ0v) is 21.6. The Morgan fingerprint density at radius 2 is 1.84 bits per heavy atom. The highest BCUT2D eigenvalue weighted by atomic mass is 19.1. The van der Waals surface area contributed by atoms with Crippen LogP contribution < -0.4 is 10.5 Å². The molecule has 2 fully saturated rings. The third kappa shape index (κ3) is 6.47. The Balaban J connectivity index is 1.46. The summed E-state index contributed by atoms with van der Waals surface area (Å²) in [5.74, 6) is 0.217. The molecular weight excluding hydrogens is 471 g/mol. The number of nitriles is 1. The van der Waals surface area contributed by atoms with Gasteiger partial charge in [-0.1, -0.05) is 18.2 Å². The van der Waals surface area contributed by atoms with E-state index in [1.807, 2.05) is 24.3 Å². The first-order chi connectivity index (χ1) is 17.7. The number of benzene rings is 2. The molecule has 2 aromatic carbocycles. The van der Waals surface area contributed by atoms with E-state index in [1.54, 1.807) is 32.0 Å². The molecule has 2 aliphatic heterocycles. The molecule has 2 aromatic rings. The molecule has 0 aliphatic carbocycles. The molecule has 0 bridgehead atoms. The number of piperidine rings is 1. The van der Waals surface area contributed by atoms with Gasteiger partial charge in [0, 0.05) is 24.2 Å². The Morgan fingerprint density at radius 3 is 2.51 bits per heavy atom. The number of carbonyl (C=O) groups excluding carboxylic acids is 2. The van der Waals surface area contributed by atoms with Crippen molar-refractivity contribution < 1.29 is 18.7 Å². The van der Waals surface area contributed by atoms with Gasteiger partial charge in [-0.15, -0.1) is 0 Å². The summed E-state index contributed by atoms with van der Waals surface area (Å²) >= 11 is 0. The minimum atomic E-state index is -1.19. The lowest BCUT2D eigenvalue weighted by Gasteiger charge is -2.34. The molecule has 2 aliphatic rings. The molecule has 2 heterocycles. The van der Waals surface area contributed by atoms with Crippen molar-refractivity contribution >= 4 is 11.8 Å². The number of likely N-dealkylation sites (tertiary alicyclic amines) is 2. The Labute approximate surface area is 218 Å². The summed E-state index contributed by atoms with van der Waals surface area (Å²) < 4.78 is 20.0. The summed E-state index contributed by atoms with van der Waals surface area (Å²) in [6.45, 7) is 6.37. The van der Waals surface area contributed by atoms with Gasteiger partial charge in [0.2, 0.25) is 5.91 Å². The molecule has 0 spiro atoms. The van der Waals surface area contributed by atoms with Crippen LogP contribution in [0.15, 0.2) is 42.5 Å². The molecule has 0 unspecified atom stereocenters. The van der Waals surface area contributed by atoms with Crippen molar-refractivity contribution in [3.05, 3.63) is 53.6 Å². The van der Waals surface area contributed by atoms with Crippen molar-refractivity contribution in [3.63, 3.8) is 0 Å². The molecular formula is C29H35FN4O3. The first-order valence-electron chi connectivity index (χ1n) is 12.9. The van der Waals surface area contributed by atoms with Gasteiger partial charge < -0.3 is 20.3 Å². The zero-order chi connectivity index (χ0) is 26.6. The highest BCUT2D eigenvalue weighted by Gasteiger charge is 2.34. The number of halogens is 1. The number of carbonyl (C=O) groups is 2.